The number of rotatable bonds is 7. The van der Waals surface area contributed by atoms with Crippen LogP contribution < -0.4 is 16.0 Å². The van der Waals surface area contributed by atoms with Crippen LogP contribution in [0.15, 0.2) is 47.0 Å². The van der Waals surface area contributed by atoms with Crippen LogP contribution >= 0.6 is 11.8 Å². The van der Waals surface area contributed by atoms with Gasteiger partial charge >= 0.3 is 0 Å². The maximum absolute atomic E-state index is 6.51. The average molecular weight is 382 g/mol. The smallest absolute Gasteiger partial charge is 0.225 e. The second-order valence-electron chi connectivity index (χ2n) is 6.57. The molecule has 0 aliphatic carbocycles. The summed E-state index contributed by atoms with van der Waals surface area (Å²) in [5.74, 6) is 0.752. The van der Waals surface area contributed by atoms with Crippen molar-refractivity contribution in [3.63, 3.8) is 0 Å². The fourth-order valence-corrected chi connectivity index (χ4v) is 3.83. The lowest BCUT2D eigenvalue weighted by Gasteiger charge is -2.22. The van der Waals surface area contributed by atoms with Crippen LogP contribution in [-0.4, -0.2) is 23.1 Å². The number of nitrogens with one attached hydrogen (secondary N) is 1. The first-order valence-electron chi connectivity index (χ1n) is 9.42. The number of thioether (sulfide) groups is 1. The Morgan fingerprint density at radius 1 is 1.15 bits per heavy atom. The first-order chi connectivity index (χ1) is 13.1. The summed E-state index contributed by atoms with van der Waals surface area (Å²) in [5, 5.41) is 6.44. The van der Waals surface area contributed by atoms with Crippen LogP contribution in [0.4, 0.5) is 5.95 Å². The molecule has 0 unspecified atom stereocenters. The Labute approximate surface area is 165 Å². The van der Waals surface area contributed by atoms with Gasteiger partial charge in [-0.15, -0.1) is 0 Å². The third-order valence-corrected chi connectivity index (χ3v) is 5.27. The summed E-state index contributed by atoms with van der Waals surface area (Å²) < 4.78 is 0. The third kappa shape index (κ3) is 4.45. The van der Waals surface area contributed by atoms with E-state index in [0.29, 0.717) is 5.70 Å². The van der Waals surface area contributed by atoms with E-state index in [4.69, 9.17) is 10.7 Å². The minimum Gasteiger partial charge on any atom is -0.395 e. The van der Waals surface area contributed by atoms with Gasteiger partial charge in [0.05, 0.1) is 17.1 Å². The standard InChI is InChI=1S/C21H27N5S/c1-4-11-26(12-5-2)21-23-13-15(3)19(25-21)18(22)20-24-17(14-27-20)16-9-7-6-8-10-16/h6-10,13-14,24H,4-5,11-12,22H2,1-3H3/b20-18+. The van der Waals surface area contributed by atoms with Gasteiger partial charge in [-0.1, -0.05) is 55.9 Å². The summed E-state index contributed by atoms with van der Waals surface area (Å²) in [6, 6.07) is 10.2. The zero-order valence-corrected chi connectivity index (χ0v) is 17.0. The van der Waals surface area contributed by atoms with Crippen LogP contribution in [-0.2, 0) is 0 Å². The fraction of sp³-hybridized carbons (Fsp3) is 0.333. The molecule has 1 aromatic heterocycles. The minimum atomic E-state index is 0.663. The van der Waals surface area contributed by atoms with Crippen molar-refractivity contribution in [2.24, 2.45) is 5.73 Å². The van der Waals surface area contributed by atoms with Crippen molar-refractivity contribution >= 4 is 29.1 Å². The van der Waals surface area contributed by atoms with Crippen molar-refractivity contribution in [1.29, 1.82) is 0 Å². The van der Waals surface area contributed by atoms with E-state index < -0.39 is 0 Å². The molecule has 0 bridgehead atoms. The largest absolute Gasteiger partial charge is 0.395 e. The summed E-state index contributed by atoms with van der Waals surface area (Å²) in [7, 11) is 0. The van der Waals surface area contributed by atoms with Crippen LogP contribution in [0, 0.1) is 6.92 Å². The lowest BCUT2D eigenvalue weighted by molar-refractivity contribution is 0.719. The van der Waals surface area contributed by atoms with Gasteiger partial charge < -0.3 is 16.0 Å². The van der Waals surface area contributed by atoms with E-state index in [2.05, 4.69) is 46.6 Å². The summed E-state index contributed by atoms with van der Waals surface area (Å²) in [4.78, 5) is 11.6. The number of aromatic nitrogens is 2. The summed E-state index contributed by atoms with van der Waals surface area (Å²) in [5.41, 5.74) is 11.2. The van der Waals surface area contributed by atoms with Crippen LogP contribution in [0.5, 0.6) is 0 Å². The van der Waals surface area contributed by atoms with Gasteiger partial charge in [-0.25, -0.2) is 9.97 Å². The predicted octanol–water partition coefficient (Wildman–Crippen LogP) is 4.33. The molecule has 3 N–H and O–H groups in total. The van der Waals surface area contributed by atoms with Gasteiger partial charge in [0.1, 0.15) is 5.03 Å². The topological polar surface area (TPSA) is 67.1 Å². The van der Waals surface area contributed by atoms with Crippen molar-refractivity contribution in [3.05, 3.63) is 63.8 Å². The Kier molecular flexibility index (Phi) is 6.40. The molecule has 0 atom stereocenters. The minimum absolute atomic E-state index is 0.663. The number of aryl methyl sites for hydroxylation is 1. The molecule has 2 aromatic rings. The molecule has 0 spiro atoms. The van der Waals surface area contributed by atoms with E-state index in [1.54, 1.807) is 11.8 Å². The lowest BCUT2D eigenvalue weighted by atomic mass is 10.2. The van der Waals surface area contributed by atoms with Crippen molar-refractivity contribution in [2.75, 3.05) is 18.0 Å². The van der Waals surface area contributed by atoms with Gasteiger partial charge in [0, 0.05) is 24.7 Å². The molecule has 3 rings (SSSR count). The molecule has 142 valence electrons. The number of hydrogen-bond acceptors (Lipinski definition) is 6. The number of benzene rings is 1. The highest BCUT2D eigenvalue weighted by atomic mass is 32.2. The van der Waals surface area contributed by atoms with E-state index >= 15 is 0 Å². The van der Waals surface area contributed by atoms with E-state index in [1.165, 1.54) is 0 Å². The third-order valence-electron chi connectivity index (χ3n) is 4.36. The molecule has 2 heterocycles. The summed E-state index contributed by atoms with van der Waals surface area (Å²) in [6.07, 6.45) is 3.99. The molecule has 0 fully saturated rings. The zero-order chi connectivity index (χ0) is 19.2. The predicted molar refractivity (Wildman–Crippen MR) is 116 cm³/mol. The zero-order valence-electron chi connectivity index (χ0n) is 16.2. The average Bonchev–Trinajstić information content (AvgIpc) is 3.19. The fourth-order valence-electron chi connectivity index (χ4n) is 3.00. The number of nitrogens with zero attached hydrogens (tertiary/aromatic N) is 3. The van der Waals surface area contributed by atoms with E-state index in [1.807, 2.05) is 31.3 Å². The van der Waals surface area contributed by atoms with Crippen molar-refractivity contribution in [3.8, 4) is 0 Å². The molecule has 5 nitrogen and oxygen atoms in total. The SMILES string of the molecule is CCCN(CCC)c1ncc(C)c(/C(N)=C2/NC(c3ccccc3)=CS2)n1. The summed E-state index contributed by atoms with van der Waals surface area (Å²) in [6.45, 7) is 8.23. The van der Waals surface area contributed by atoms with Gasteiger partial charge in [-0.3, -0.25) is 0 Å². The molecular formula is C21H27N5S. The Hall–Kier alpha value is -2.47. The molecule has 1 aliphatic rings. The molecule has 1 aliphatic heterocycles. The molecule has 0 saturated heterocycles. The van der Waals surface area contributed by atoms with E-state index in [-0.39, 0.29) is 0 Å². The molecule has 0 radical (unpaired) electrons. The Morgan fingerprint density at radius 2 is 1.85 bits per heavy atom. The maximum atomic E-state index is 6.51. The van der Waals surface area contributed by atoms with E-state index in [9.17, 15) is 0 Å². The monoisotopic (exact) mass is 381 g/mol. The van der Waals surface area contributed by atoms with Crippen LogP contribution in [0.1, 0.15) is 43.5 Å². The Bertz CT molecular complexity index is 839. The highest BCUT2D eigenvalue weighted by molar-refractivity contribution is 8.06. The quantitative estimate of drug-likeness (QED) is 0.744. The number of nitrogens with two attached hydrogens (primary N) is 1. The second-order valence-corrected chi connectivity index (χ2v) is 7.45. The van der Waals surface area contributed by atoms with Gasteiger partial charge in [0.25, 0.3) is 0 Å². The number of anilines is 1. The maximum Gasteiger partial charge on any atom is 0.225 e. The van der Waals surface area contributed by atoms with Crippen LogP contribution in [0.2, 0.25) is 0 Å². The highest BCUT2D eigenvalue weighted by Crippen LogP contribution is 2.33. The molecule has 0 saturated carbocycles. The molecular weight excluding hydrogens is 354 g/mol. The molecule has 1 aromatic carbocycles. The van der Waals surface area contributed by atoms with Crippen molar-refractivity contribution in [1.82, 2.24) is 15.3 Å². The summed E-state index contributed by atoms with van der Waals surface area (Å²) >= 11 is 1.60. The Balaban J connectivity index is 1.87. The van der Waals surface area contributed by atoms with Gasteiger partial charge in [-0.05, 0) is 30.9 Å². The van der Waals surface area contributed by atoms with Gasteiger partial charge in [0.2, 0.25) is 5.95 Å². The highest BCUT2D eigenvalue weighted by Gasteiger charge is 2.19. The second kappa shape index (κ2) is 8.95. The molecule has 27 heavy (non-hydrogen) atoms. The van der Waals surface area contributed by atoms with Gasteiger partial charge in [0.15, 0.2) is 0 Å². The van der Waals surface area contributed by atoms with Crippen molar-refractivity contribution < 1.29 is 0 Å². The first-order valence-corrected chi connectivity index (χ1v) is 10.3. The normalized spacial score (nSPS) is 15.3. The molecule has 0 amide bonds. The Morgan fingerprint density at radius 3 is 2.52 bits per heavy atom. The van der Waals surface area contributed by atoms with Crippen LogP contribution in [0.25, 0.3) is 11.4 Å². The van der Waals surface area contributed by atoms with Crippen LogP contribution in [0.3, 0.4) is 0 Å². The first kappa shape index (κ1) is 19.3. The molecule has 6 heteroatoms. The van der Waals surface area contributed by atoms with Gasteiger partial charge in [-0.2, -0.15) is 0 Å². The number of hydrogen-bond donors (Lipinski definition) is 2. The van der Waals surface area contributed by atoms with E-state index in [0.717, 1.165) is 59.4 Å². The van der Waals surface area contributed by atoms with Crippen molar-refractivity contribution in [2.45, 2.75) is 33.6 Å². The lowest BCUT2D eigenvalue weighted by Crippen LogP contribution is -2.27.